The fraction of sp³-hybridized carbons (Fsp3) is 0.357. The Kier molecular flexibility index (Phi) is 4.67. The molecule has 0 aromatic carbocycles. The van der Waals surface area contributed by atoms with E-state index in [2.05, 4.69) is 25.6 Å². The predicted molar refractivity (Wildman–Crippen MR) is 76.3 cm³/mol. The van der Waals surface area contributed by atoms with Crippen LogP contribution in [0.1, 0.15) is 35.0 Å². The maximum Gasteiger partial charge on any atom is 0.373 e. The highest BCUT2D eigenvalue weighted by Gasteiger charge is 2.19. The van der Waals surface area contributed by atoms with Crippen LogP contribution in [0.15, 0.2) is 37.8 Å². The molecule has 0 amide bonds. The molecule has 0 radical (unpaired) electrons. The maximum atomic E-state index is 11.4. The molecular weight excluding hydrogens is 326 g/mol. The average Bonchev–Trinajstić information content (AvgIpc) is 3.06. The van der Waals surface area contributed by atoms with Gasteiger partial charge in [-0.15, -0.1) is 0 Å². The van der Waals surface area contributed by atoms with Crippen molar-refractivity contribution in [2.24, 2.45) is 0 Å². The summed E-state index contributed by atoms with van der Waals surface area (Å²) in [4.78, 5) is 13.4. The summed E-state index contributed by atoms with van der Waals surface area (Å²) >= 11 is 3.28. The second kappa shape index (κ2) is 6.28. The molecule has 0 bridgehead atoms. The van der Waals surface area contributed by atoms with E-state index in [0.29, 0.717) is 17.0 Å². The molecule has 20 heavy (non-hydrogen) atoms. The van der Waals surface area contributed by atoms with E-state index >= 15 is 0 Å². The highest BCUT2D eigenvalue weighted by molar-refractivity contribution is 9.10. The number of ether oxygens (including phenoxy) is 1. The van der Waals surface area contributed by atoms with E-state index in [9.17, 15) is 4.79 Å². The molecule has 0 saturated carbocycles. The minimum Gasteiger partial charge on any atom is -0.463 e. The van der Waals surface area contributed by atoms with Crippen LogP contribution in [0.25, 0.3) is 0 Å². The van der Waals surface area contributed by atoms with Crippen LogP contribution in [0.3, 0.4) is 0 Å². The van der Waals surface area contributed by atoms with Gasteiger partial charge in [0.2, 0.25) is 5.76 Å². The first-order valence-electron chi connectivity index (χ1n) is 6.13. The summed E-state index contributed by atoms with van der Waals surface area (Å²) in [5, 5.41) is 0. The molecule has 108 valence electrons. The van der Waals surface area contributed by atoms with Crippen molar-refractivity contribution in [3.63, 3.8) is 0 Å². The maximum absolute atomic E-state index is 11.4. The number of carbonyl (C=O) groups excluding carboxylic acids is 1. The molecule has 2 rings (SSSR count). The zero-order valence-corrected chi connectivity index (χ0v) is 13.1. The molecule has 0 fully saturated rings. The SMILES string of the molecule is COC(=O)c1ccc([C@@H](C)N(C)Cc2ccc(Br)o2)o1. The van der Waals surface area contributed by atoms with Crippen LogP contribution in [0.4, 0.5) is 0 Å². The van der Waals surface area contributed by atoms with Gasteiger partial charge in [-0.1, -0.05) is 0 Å². The third-order valence-corrected chi connectivity index (χ3v) is 3.55. The van der Waals surface area contributed by atoms with Crippen molar-refractivity contribution >= 4 is 21.9 Å². The Morgan fingerprint density at radius 1 is 1.35 bits per heavy atom. The molecule has 0 aliphatic rings. The molecule has 0 aliphatic heterocycles. The Hall–Kier alpha value is -1.53. The number of esters is 1. The Morgan fingerprint density at radius 2 is 2.10 bits per heavy atom. The number of methoxy groups -OCH3 is 1. The molecule has 0 spiro atoms. The zero-order chi connectivity index (χ0) is 14.7. The number of furan rings is 2. The number of hydrogen-bond donors (Lipinski definition) is 0. The van der Waals surface area contributed by atoms with Crippen molar-refractivity contribution in [1.82, 2.24) is 4.90 Å². The molecule has 1 atom stereocenters. The second-order valence-corrected chi connectivity index (χ2v) is 5.27. The zero-order valence-electron chi connectivity index (χ0n) is 11.6. The van der Waals surface area contributed by atoms with E-state index in [0.717, 1.165) is 5.76 Å². The van der Waals surface area contributed by atoms with Crippen LogP contribution in [0.5, 0.6) is 0 Å². The van der Waals surface area contributed by atoms with Gasteiger partial charge in [-0.05, 0) is 54.2 Å². The quantitative estimate of drug-likeness (QED) is 0.777. The smallest absolute Gasteiger partial charge is 0.373 e. The summed E-state index contributed by atoms with van der Waals surface area (Å²) in [5.41, 5.74) is 0. The fourth-order valence-electron chi connectivity index (χ4n) is 1.82. The van der Waals surface area contributed by atoms with Gasteiger partial charge < -0.3 is 13.6 Å². The Morgan fingerprint density at radius 3 is 2.70 bits per heavy atom. The lowest BCUT2D eigenvalue weighted by Crippen LogP contribution is -2.21. The topological polar surface area (TPSA) is 55.8 Å². The lowest BCUT2D eigenvalue weighted by Gasteiger charge is -2.21. The van der Waals surface area contributed by atoms with Crippen LogP contribution in [-0.2, 0) is 11.3 Å². The predicted octanol–water partition coefficient (Wildman–Crippen LogP) is 3.61. The van der Waals surface area contributed by atoms with Crippen LogP contribution in [0.2, 0.25) is 0 Å². The first-order valence-corrected chi connectivity index (χ1v) is 6.93. The van der Waals surface area contributed by atoms with Gasteiger partial charge in [-0.3, -0.25) is 4.90 Å². The largest absolute Gasteiger partial charge is 0.463 e. The lowest BCUT2D eigenvalue weighted by atomic mass is 10.2. The summed E-state index contributed by atoms with van der Waals surface area (Å²) in [6.45, 7) is 2.64. The van der Waals surface area contributed by atoms with Gasteiger partial charge >= 0.3 is 5.97 Å². The molecule has 0 aliphatic carbocycles. The first kappa shape index (κ1) is 14.9. The van der Waals surface area contributed by atoms with E-state index in [1.807, 2.05) is 26.1 Å². The number of carbonyl (C=O) groups is 1. The van der Waals surface area contributed by atoms with Crippen LogP contribution >= 0.6 is 15.9 Å². The van der Waals surface area contributed by atoms with Crippen LogP contribution in [-0.4, -0.2) is 25.0 Å². The van der Waals surface area contributed by atoms with Crippen LogP contribution < -0.4 is 0 Å². The number of nitrogens with zero attached hydrogens (tertiary/aromatic N) is 1. The molecule has 0 unspecified atom stereocenters. The minimum absolute atomic E-state index is 0.0114. The van der Waals surface area contributed by atoms with E-state index in [-0.39, 0.29) is 11.8 Å². The molecule has 2 heterocycles. The van der Waals surface area contributed by atoms with Crippen molar-refractivity contribution in [3.8, 4) is 0 Å². The first-order chi connectivity index (χ1) is 9.51. The number of hydrogen-bond acceptors (Lipinski definition) is 5. The third kappa shape index (κ3) is 3.32. The molecule has 2 aromatic heterocycles. The second-order valence-electron chi connectivity index (χ2n) is 4.49. The minimum atomic E-state index is -0.471. The highest BCUT2D eigenvalue weighted by atomic mass is 79.9. The van der Waals surface area contributed by atoms with E-state index < -0.39 is 5.97 Å². The Balaban J connectivity index is 2.04. The average molecular weight is 342 g/mol. The van der Waals surface area contributed by atoms with Crippen molar-refractivity contribution in [2.75, 3.05) is 14.2 Å². The molecule has 6 heteroatoms. The summed E-state index contributed by atoms with van der Waals surface area (Å²) in [7, 11) is 3.29. The van der Waals surface area contributed by atoms with E-state index in [4.69, 9.17) is 8.83 Å². The van der Waals surface area contributed by atoms with Gasteiger partial charge in [0.1, 0.15) is 11.5 Å². The van der Waals surface area contributed by atoms with Gasteiger partial charge in [0.05, 0.1) is 19.7 Å². The van der Waals surface area contributed by atoms with E-state index in [1.165, 1.54) is 7.11 Å². The van der Waals surface area contributed by atoms with Gasteiger partial charge in [0, 0.05) is 0 Å². The fourth-order valence-corrected chi connectivity index (χ4v) is 2.16. The summed E-state index contributed by atoms with van der Waals surface area (Å²) in [5.74, 6) is 1.30. The highest BCUT2D eigenvalue weighted by Crippen LogP contribution is 2.24. The molecule has 5 nitrogen and oxygen atoms in total. The van der Waals surface area contributed by atoms with Gasteiger partial charge in [0.15, 0.2) is 4.67 Å². The molecule has 2 aromatic rings. The summed E-state index contributed by atoms with van der Waals surface area (Å²) in [6, 6.07) is 7.18. The normalized spacial score (nSPS) is 12.7. The van der Waals surface area contributed by atoms with Crippen LogP contribution in [0, 0.1) is 0 Å². The van der Waals surface area contributed by atoms with Gasteiger partial charge in [0.25, 0.3) is 0 Å². The third-order valence-electron chi connectivity index (χ3n) is 3.12. The van der Waals surface area contributed by atoms with E-state index in [1.54, 1.807) is 12.1 Å². The molecule has 0 saturated heterocycles. The van der Waals surface area contributed by atoms with Crippen molar-refractivity contribution < 1.29 is 18.4 Å². The molecule has 0 N–H and O–H groups in total. The monoisotopic (exact) mass is 341 g/mol. The summed E-state index contributed by atoms with van der Waals surface area (Å²) < 4.78 is 16.3. The Labute approximate surface area is 125 Å². The van der Waals surface area contributed by atoms with Crippen molar-refractivity contribution in [3.05, 3.63) is 46.2 Å². The number of halogens is 1. The number of rotatable bonds is 5. The lowest BCUT2D eigenvalue weighted by molar-refractivity contribution is 0.0559. The van der Waals surface area contributed by atoms with Gasteiger partial charge in [-0.25, -0.2) is 4.79 Å². The van der Waals surface area contributed by atoms with Gasteiger partial charge in [-0.2, -0.15) is 0 Å². The summed E-state index contributed by atoms with van der Waals surface area (Å²) in [6.07, 6.45) is 0. The molecular formula is C14H16BrNO4. The Bertz CT molecular complexity index is 590. The standard InChI is InChI=1S/C14H16BrNO4/c1-9(11-5-6-12(20-11)14(17)18-3)16(2)8-10-4-7-13(15)19-10/h4-7,9H,8H2,1-3H3/t9-/m1/s1. The van der Waals surface area contributed by atoms with Crippen molar-refractivity contribution in [1.29, 1.82) is 0 Å². The van der Waals surface area contributed by atoms with Crippen molar-refractivity contribution in [2.45, 2.75) is 19.5 Å².